The third-order valence-corrected chi connectivity index (χ3v) is 11.5. The van der Waals surface area contributed by atoms with Gasteiger partial charge < -0.3 is 40.4 Å². The molecule has 3 amide bonds. The van der Waals surface area contributed by atoms with Crippen LogP contribution >= 0.6 is 0 Å². The van der Waals surface area contributed by atoms with E-state index in [0.29, 0.717) is 67.6 Å². The zero-order valence-electron chi connectivity index (χ0n) is 35.4. The number of aliphatic hydroxyl groups is 1. The Morgan fingerprint density at radius 2 is 1.53 bits per heavy atom. The molecule has 7 rings (SSSR count). The molecule has 64 heavy (non-hydrogen) atoms. The van der Waals surface area contributed by atoms with Crippen molar-refractivity contribution in [2.75, 3.05) is 50.0 Å². The summed E-state index contributed by atoms with van der Waals surface area (Å²) in [5, 5.41) is 30.7. The summed E-state index contributed by atoms with van der Waals surface area (Å²) in [5.74, 6) is -0.151. The van der Waals surface area contributed by atoms with E-state index in [0.717, 1.165) is 53.0 Å². The molecule has 1 fully saturated rings. The number of hydrogen-bond acceptors (Lipinski definition) is 9. The van der Waals surface area contributed by atoms with E-state index in [9.17, 15) is 29.4 Å². The van der Waals surface area contributed by atoms with Crippen LogP contribution in [0.2, 0.25) is 0 Å². The summed E-state index contributed by atoms with van der Waals surface area (Å²) >= 11 is 0. The normalized spacial score (nSPS) is 13.4. The first kappa shape index (κ1) is 46.7. The number of aromatic nitrogens is 1. The van der Waals surface area contributed by atoms with Gasteiger partial charge >= 0.3 is 6.09 Å². The number of H-pyrrole nitrogens is 1. The molecule has 13 nitrogen and oxygen atoms in total. The summed E-state index contributed by atoms with van der Waals surface area (Å²) in [6, 6.07) is 39.1. The van der Waals surface area contributed by atoms with E-state index in [1.165, 1.54) is 12.1 Å². The molecule has 0 radical (unpaired) electrons. The minimum absolute atomic E-state index is 0. The number of nitrogens with zero attached hydrogens (tertiary/aromatic N) is 2. The van der Waals surface area contributed by atoms with Crippen molar-refractivity contribution in [1.29, 1.82) is 0 Å². The van der Waals surface area contributed by atoms with Crippen molar-refractivity contribution >= 4 is 40.2 Å². The predicted octanol–water partition coefficient (Wildman–Crippen LogP) is 7.33. The zero-order chi connectivity index (χ0) is 44.1. The Kier molecular flexibility index (Phi) is 16.4. The number of amides is 3. The number of carbonyl (C=O) groups is 3. The average molecular weight is 867 g/mol. The van der Waals surface area contributed by atoms with Crippen LogP contribution in [0.3, 0.4) is 0 Å². The second kappa shape index (κ2) is 22.5. The number of phenolic OH excluding ortho intramolecular Hbond substituents is 1. The number of anilines is 2. The second-order valence-corrected chi connectivity index (χ2v) is 15.9. The highest BCUT2D eigenvalue weighted by molar-refractivity contribution is 5.93. The predicted molar refractivity (Wildman–Crippen MR) is 252 cm³/mol. The van der Waals surface area contributed by atoms with Gasteiger partial charge in [-0.1, -0.05) is 98.4 Å². The number of carbonyl (C=O) groups excluding carboxylic acids is 3. The number of aromatic amines is 1. The highest BCUT2D eigenvalue weighted by Crippen LogP contribution is 2.30. The summed E-state index contributed by atoms with van der Waals surface area (Å²) < 4.78 is 5.77. The van der Waals surface area contributed by atoms with Crippen molar-refractivity contribution in [2.45, 2.75) is 58.3 Å². The fraction of sp³-hybridized carbons (Fsp3) is 0.294. The van der Waals surface area contributed by atoms with Crippen LogP contribution in [0.5, 0.6) is 5.75 Å². The largest absolute Gasteiger partial charge is 0.506 e. The van der Waals surface area contributed by atoms with Gasteiger partial charge in [0.1, 0.15) is 11.9 Å². The van der Waals surface area contributed by atoms with Crippen molar-refractivity contribution < 1.29 is 29.3 Å². The molecule has 0 aliphatic carbocycles. The third-order valence-electron chi connectivity index (χ3n) is 11.5. The molecule has 0 unspecified atom stereocenters. The number of phenols is 1. The Hall–Kier alpha value is -6.80. The molecule has 6 aromatic rings. The van der Waals surface area contributed by atoms with Crippen LogP contribution in [-0.2, 0) is 33.7 Å². The Balaban J connectivity index is 0.00000680. The zero-order valence-corrected chi connectivity index (χ0v) is 35.4. The van der Waals surface area contributed by atoms with Crippen molar-refractivity contribution in [3.8, 4) is 16.9 Å². The molecule has 0 spiro atoms. The quantitative estimate of drug-likeness (QED) is 0.0513. The Morgan fingerprint density at radius 3 is 2.28 bits per heavy atom. The maximum atomic E-state index is 13.1. The molecule has 5 aromatic carbocycles. The van der Waals surface area contributed by atoms with E-state index < -0.39 is 12.2 Å². The number of nitrogens with one attached hydrogen (secondary N) is 4. The van der Waals surface area contributed by atoms with Gasteiger partial charge in [0.25, 0.3) is 0 Å². The van der Waals surface area contributed by atoms with Crippen LogP contribution < -0.4 is 26.4 Å². The number of ether oxygens (including phenoxy) is 1. The first-order valence-corrected chi connectivity index (χ1v) is 21.4. The number of piperidine rings is 1. The number of fused-ring (bicyclic) bond motifs is 1. The number of likely N-dealkylation sites (tertiary alicyclic amines) is 1. The monoisotopic (exact) mass is 866 g/mol. The number of rotatable bonds is 17. The van der Waals surface area contributed by atoms with Crippen LogP contribution in [0.1, 0.15) is 55.0 Å². The maximum absolute atomic E-state index is 13.1. The number of hydrogen-bond donors (Lipinski definition) is 6. The van der Waals surface area contributed by atoms with Crippen LogP contribution in [0.15, 0.2) is 132 Å². The molecular formula is C51H58N6O7. The lowest BCUT2D eigenvalue weighted by atomic mass is 10.0. The van der Waals surface area contributed by atoms with E-state index in [1.54, 1.807) is 24.1 Å². The maximum Gasteiger partial charge on any atom is 0.411 e. The summed E-state index contributed by atoms with van der Waals surface area (Å²) in [5.41, 5.74) is 6.93. The number of aliphatic hydroxyl groups excluding tert-OH is 1. The van der Waals surface area contributed by atoms with Crippen molar-refractivity contribution in [3.63, 3.8) is 0 Å². The van der Waals surface area contributed by atoms with Gasteiger partial charge in [-0.15, -0.1) is 0 Å². The Bertz CT molecular complexity index is 2540. The van der Waals surface area contributed by atoms with Crippen molar-refractivity contribution in [3.05, 3.63) is 160 Å². The van der Waals surface area contributed by atoms with E-state index >= 15 is 0 Å². The lowest BCUT2D eigenvalue weighted by Crippen LogP contribution is -2.40. The van der Waals surface area contributed by atoms with Crippen molar-refractivity contribution in [2.24, 2.45) is 0 Å². The lowest BCUT2D eigenvalue weighted by Gasteiger charge is -2.31. The smallest absolute Gasteiger partial charge is 0.411 e. The number of aromatic hydroxyl groups is 1. The van der Waals surface area contributed by atoms with E-state index in [4.69, 9.17) is 4.74 Å². The standard InChI is InChI=1S/C50H54N6O7.CH4/c1-55(48(61)26-30-56-28-24-39(25-29-56)63-50(62)53-43-10-6-5-9-40(43)37-7-3-2-4-8-37)38-17-15-35(16-18-38)31-47(60)52-32-36-13-11-34(12-14-36)23-27-51-33-45(58)41-19-21-44(57)49-42(41)20-22-46(59)54-49;/h2-22,39,45,51,57-58H,23-33H2,1H3,(H,52,60)(H,53,62)(H,54,59);1H4/t45-;/m0./s1. The Morgan fingerprint density at radius 1 is 0.844 bits per heavy atom. The molecule has 1 atom stereocenters. The number of pyridine rings is 1. The molecule has 2 heterocycles. The Labute approximate surface area is 374 Å². The molecular weight excluding hydrogens is 809 g/mol. The number of para-hydroxylation sites is 1. The van der Waals surface area contributed by atoms with Crippen molar-refractivity contribution in [1.82, 2.24) is 20.5 Å². The number of benzene rings is 5. The van der Waals surface area contributed by atoms with Crippen LogP contribution in [-0.4, -0.2) is 83.9 Å². The highest BCUT2D eigenvalue weighted by Gasteiger charge is 2.24. The van der Waals surface area contributed by atoms with Gasteiger partial charge in [0, 0.05) is 68.9 Å². The van der Waals surface area contributed by atoms with Gasteiger partial charge in [0.15, 0.2) is 0 Å². The second-order valence-electron chi connectivity index (χ2n) is 15.9. The average Bonchev–Trinajstić information content (AvgIpc) is 3.30. The van der Waals surface area contributed by atoms with Crippen LogP contribution in [0.4, 0.5) is 16.2 Å². The molecule has 1 saturated heterocycles. The highest BCUT2D eigenvalue weighted by atomic mass is 16.6. The first-order chi connectivity index (χ1) is 30.6. The molecule has 13 heteroatoms. The van der Waals surface area contributed by atoms with E-state index in [1.807, 2.05) is 103 Å². The fourth-order valence-corrected chi connectivity index (χ4v) is 7.81. The molecule has 334 valence electrons. The molecule has 1 aliphatic heterocycles. The fourth-order valence-electron chi connectivity index (χ4n) is 7.81. The third kappa shape index (κ3) is 12.7. The topological polar surface area (TPSA) is 176 Å². The van der Waals surface area contributed by atoms with E-state index in [-0.39, 0.29) is 43.1 Å². The first-order valence-electron chi connectivity index (χ1n) is 21.4. The summed E-state index contributed by atoms with van der Waals surface area (Å²) in [6.45, 7) is 3.42. The summed E-state index contributed by atoms with van der Waals surface area (Å²) in [6.07, 6.45) is 1.22. The minimum atomic E-state index is -0.827. The summed E-state index contributed by atoms with van der Waals surface area (Å²) in [4.78, 5) is 56.9. The van der Waals surface area contributed by atoms with Gasteiger partial charge in [0.05, 0.1) is 23.7 Å². The van der Waals surface area contributed by atoms with Crippen LogP contribution in [0.25, 0.3) is 22.0 Å². The summed E-state index contributed by atoms with van der Waals surface area (Å²) in [7, 11) is 1.76. The molecule has 1 aliphatic rings. The van der Waals surface area contributed by atoms with Gasteiger partial charge in [0.2, 0.25) is 17.4 Å². The SMILES string of the molecule is C.CN(C(=O)CCN1CCC(OC(=O)Nc2ccccc2-c2ccccc2)CC1)c1ccc(CC(=O)NCc2ccc(CCNC[C@H](O)c3ccc(O)c4[nH]c(=O)ccc34)cc2)cc1. The molecule has 0 saturated carbocycles. The van der Waals surface area contributed by atoms with Gasteiger partial charge in [-0.3, -0.25) is 19.7 Å². The van der Waals surface area contributed by atoms with Gasteiger partial charge in [-0.05, 0) is 84.0 Å². The molecule has 0 bridgehead atoms. The molecule has 6 N–H and O–H groups in total. The molecule has 1 aromatic heterocycles. The van der Waals surface area contributed by atoms with Gasteiger partial charge in [-0.25, -0.2) is 4.79 Å². The van der Waals surface area contributed by atoms with Crippen LogP contribution in [0, 0.1) is 0 Å². The lowest BCUT2D eigenvalue weighted by molar-refractivity contribution is -0.120. The van der Waals surface area contributed by atoms with Gasteiger partial charge in [-0.2, -0.15) is 0 Å². The van der Waals surface area contributed by atoms with E-state index in [2.05, 4.69) is 25.8 Å². The minimum Gasteiger partial charge on any atom is -0.506 e.